The van der Waals surface area contributed by atoms with Gasteiger partial charge >= 0.3 is 5.97 Å². The van der Waals surface area contributed by atoms with Gasteiger partial charge in [0.15, 0.2) is 0 Å². The molecule has 0 spiro atoms. The zero-order valence-corrected chi connectivity index (χ0v) is 14.7. The average molecular weight is 332 g/mol. The van der Waals surface area contributed by atoms with Crippen LogP contribution in [0.4, 0.5) is 5.82 Å². The third-order valence-electron chi connectivity index (χ3n) is 4.78. The smallest absolute Gasteiger partial charge is 0.342 e. The molecule has 2 fully saturated rings. The van der Waals surface area contributed by atoms with E-state index in [1.807, 2.05) is 13.8 Å². The van der Waals surface area contributed by atoms with E-state index >= 15 is 0 Å². The van der Waals surface area contributed by atoms with Crippen LogP contribution in [-0.2, 0) is 9.47 Å². The van der Waals surface area contributed by atoms with Crippen LogP contribution in [0.25, 0.3) is 0 Å². The molecule has 0 aromatic carbocycles. The van der Waals surface area contributed by atoms with Crippen molar-refractivity contribution in [1.29, 1.82) is 0 Å². The standard InChI is InChI=1S/C19H28N2O3/c1-14(2)23-19(22)17-8-5-11-20-18(17)21-12-9-16(10-13-21)24-15-6-3-4-7-15/h5,8,11,14-16H,3-4,6-7,9-10,12-13H2,1-2H3. The lowest BCUT2D eigenvalue weighted by molar-refractivity contribution is -0.0195. The maximum atomic E-state index is 12.3. The van der Waals surface area contributed by atoms with E-state index in [-0.39, 0.29) is 12.1 Å². The second kappa shape index (κ2) is 7.97. The number of pyridine rings is 1. The van der Waals surface area contributed by atoms with Gasteiger partial charge in [-0.05, 0) is 51.7 Å². The van der Waals surface area contributed by atoms with Gasteiger partial charge in [0.25, 0.3) is 0 Å². The fourth-order valence-corrected chi connectivity index (χ4v) is 3.59. The van der Waals surface area contributed by atoms with Gasteiger partial charge in [0, 0.05) is 19.3 Å². The summed E-state index contributed by atoms with van der Waals surface area (Å²) in [5.74, 6) is 0.444. The summed E-state index contributed by atoms with van der Waals surface area (Å²) >= 11 is 0. The Balaban J connectivity index is 1.60. The molecule has 0 bridgehead atoms. The topological polar surface area (TPSA) is 51.7 Å². The van der Waals surface area contributed by atoms with Crippen molar-refractivity contribution in [3.05, 3.63) is 23.9 Å². The van der Waals surface area contributed by atoms with Crippen LogP contribution in [0.2, 0.25) is 0 Å². The number of esters is 1. The van der Waals surface area contributed by atoms with Crippen LogP contribution in [0.1, 0.15) is 62.7 Å². The molecule has 2 heterocycles. The molecule has 2 aliphatic rings. The molecule has 1 aromatic rings. The first-order valence-electron chi connectivity index (χ1n) is 9.20. The van der Waals surface area contributed by atoms with Gasteiger partial charge in [0.05, 0.1) is 18.3 Å². The summed E-state index contributed by atoms with van der Waals surface area (Å²) in [7, 11) is 0. The highest BCUT2D eigenvalue weighted by atomic mass is 16.5. The molecule has 1 aliphatic heterocycles. The summed E-state index contributed by atoms with van der Waals surface area (Å²) in [4.78, 5) is 18.9. The van der Waals surface area contributed by atoms with Crippen LogP contribution in [0.3, 0.4) is 0 Å². The van der Waals surface area contributed by atoms with E-state index < -0.39 is 0 Å². The SMILES string of the molecule is CC(C)OC(=O)c1cccnc1N1CCC(OC2CCCC2)CC1. The first-order chi connectivity index (χ1) is 11.6. The molecule has 5 nitrogen and oxygen atoms in total. The van der Waals surface area contributed by atoms with Crippen LogP contribution in [-0.4, -0.2) is 42.4 Å². The number of anilines is 1. The third-order valence-corrected chi connectivity index (χ3v) is 4.78. The molecule has 1 saturated carbocycles. The number of piperidine rings is 1. The molecule has 0 N–H and O–H groups in total. The third kappa shape index (κ3) is 4.26. The number of carbonyl (C=O) groups is 1. The van der Waals surface area contributed by atoms with Crippen molar-refractivity contribution in [2.45, 2.75) is 70.7 Å². The van der Waals surface area contributed by atoms with E-state index in [4.69, 9.17) is 9.47 Å². The molecule has 1 saturated heterocycles. The van der Waals surface area contributed by atoms with Crippen molar-refractivity contribution in [2.24, 2.45) is 0 Å². The van der Waals surface area contributed by atoms with Crippen molar-refractivity contribution in [3.63, 3.8) is 0 Å². The van der Waals surface area contributed by atoms with E-state index in [1.54, 1.807) is 18.3 Å². The monoisotopic (exact) mass is 332 g/mol. The fraction of sp³-hybridized carbons (Fsp3) is 0.684. The van der Waals surface area contributed by atoms with E-state index in [2.05, 4.69) is 9.88 Å². The number of hydrogen-bond donors (Lipinski definition) is 0. The van der Waals surface area contributed by atoms with Crippen LogP contribution in [0, 0.1) is 0 Å². The molecule has 0 atom stereocenters. The van der Waals surface area contributed by atoms with E-state index in [0.717, 1.165) is 31.7 Å². The number of ether oxygens (including phenoxy) is 2. The summed E-state index contributed by atoms with van der Waals surface area (Å²) in [5.41, 5.74) is 0.557. The maximum absolute atomic E-state index is 12.3. The summed E-state index contributed by atoms with van der Waals surface area (Å²) in [6.07, 6.45) is 9.44. The molecule has 1 aliphatic carbocycles. The first-order valence-corrected chi connectivity index (χ1v) is 9.20. The minimum atomic E-state index is -0.294. The largest absolute Gasteiger partial charge is 0.459 e. The Morgan fingerprint density at radius 2 is 1.83 bits per heavy atom. The summed E-state index contributed by atoms with van der Waals surface area (Å²) in [6, 6.07) is 3.59. The lowest BCUT2D eigenvalue weighted by Crippen LogP contribution is -2.39. The average Bonchev–Trinajstić information content (AvgIpc) is 3.08. The van der Waals surface area contributed by atoms with Crippen LogP contribution in [0.15, 0.2) is 18.3 Å². The molecule has 24 heavy (non-hydrogen) atoms. The Morgan fingerprint density at radius 3 is 2.50 bits per heavy atom. The quantitative estimate of drug-likeness (QED) is 0.772. The van der Waals surface area contributed by atoms with Gasteiger partial charge < -0.3 is 14.4 Å². The van der Waals surface area contributed by atoms with E-state index in [0.29, 0.717) is 17.8 Å². The second-order valence-corrected chi connectivity index (χ2v) is 7.06. The van der Waals surface area contributed by atoms with Gasteiger partial charge in [-0.3, -0.25) is 0 Å². The Hall–Kier alpha value is -1.62. The van der Waals surface area contributed by atoms with Crippen molar-refractivity contribution in [2.75, 3.05) is 18.0 Å². The van der Waals surface area contributed by atoms with Crippen molar-refractivity contribution in [3.8, 4) is 0 Å². The van der Waals surface area contributed by atoms with Crippen LogP contribution >= 0.6 is 0 Å². The number of nitrogens with zero attached hydrogens (tertiary/aromatic N) is 2. The highest BCUT2D eigenvalue weighted by Crippen LogP contribution is 2.28. The zero-order chi connectivity index (χ0) is 16.9. The van der Waals surface area contributed by atoms with Gasteiger partial charge in [-0.1, -0.05) is 12.8 Å². The lowest BCUT2D eigenvalue weighted by atomic mass is 10.1. The number of hydrogen-bond acceptors (Lipinski definition) is 5. The van der Waals surface area contributed by atoms with Crippen molar-refractivity contribution < 1.29 is 14.3 Å². The van der Waals surface area contributed by atoms with Gasteiger partial charge in [0.2, 0.25) is 0 Å². The minimum Gasteiger partial charge on any atom is -0.459 e. The predicted octanol–water partition coefficient (Wildman–Crippen LogP) is 3.57. The highest BCUT2D eigenvalue weighted by Gasteiger charge is 2.27. The molecule has 132 valence electrons. The Morgan fingerprint density at radius 1 is 1.17 bits per heavy atom. The molecule has 0 amide bonds. The molecule has 1 aromatic heterocycles. The maximum Gasteiger partial charge on any atom is 0.342 e. The van der Waals surface area contributed by atoms with E-state index in [1.165, 1.54) is 25.7 Å². The van der Waals surface area contributed by atoms with E-state index in [9.17, 15) is 4.79 Å². The number of carbonyl (C=O) groups excluding carboxylic acids is 1. The Labute approximate surface area is 144 Å². The molecular weight excluding hydrogens is 304 g/mol. The normalized spacial score (nSPS) is 19.9. The van der Waals surface area contributed by atoms with Gasteiger partial charge in [-0.25, -0.2) is 9.78 Å². The molecule has 5 heteroatoms. The summed E-state index contributed by atoms with van der Waals surface area (Å²) < 4.78 is 11.6. The molecule has 3 rings (SSSR count). The predicted molar refractivity (Wildman–Crippen MR) is 93.4 cm³/mol. The molecule has 0 unspecified atom stereocenters. The van der Waals surface area contributed by atoms with Gasteiger partial charge in [-0.2, -0.15) is 0 Å². The summed E-state index contributed by atoms with van der Waals surface area (Å²) in [6.45, 7) is 5.46. The Kier molecular flexibility index (Phi) is 5.72. The summed E-state index contributed by atoms with van der Waals surface area (Å²) in [5, 5.41) is 0. The van der Waals surface area contributed by atoms with Gasteiger partial charge in [0.1, 0.15) is 11.4 Å². The van der Waals surface area contributed by atoms with Crippen LogP contribution < -0.4 is 4.90 Å². The molecular formula is C19H28N2O3. The first kappa shape index (κ1) is 17.2. The minimum absolute atomic E-state index is 0.129. The van der Waals surface area contributed by atoms with Crippen molar-refractivity contribution >= 4 is 11.8 Å². The molecule has 0 radical (unpaired) electrons. The number of aromatic nitrogens is 1. The van der Waals surface area contributed by atoms with Crippen LogP contribution in [0.5, 0.6) is 0 Å². The highest BCUT2D eigenvalue weighted by molar-refractivity contribution is 5.94. The zero-order valence-electron chi connectivity index (χ0n) is 14.7. The lowest BCUT2D eigenvalue weighted by Gasteiger charge is -2.34. The van der Waals surface area contributed by atoms with Crippen molar-refractivity contribution in [1.82, 2.24) is 4.98 Å². The fourth-order valence-electron chi connectivity index (χ4n) is 3.59. The van der Waals surface area contributed by atoms with Gasteiger partial charge in [-0.15, -0.1) is 0 Å². The Bertz CT molecular complexity index is 547. The second-order valence-electron chi connectivity index (χ2n) is 7.06. The number of rotatable bonds is 5.